The molecule has 0 aliphatic heterocycles. The number of pyridine rings is 1. The van der Waals surface area contributed by atoms with Crippen molar-refractivity contribution in [1.82, 2.24) is 15.0 Å². The summed E-state index contributed by atoms with van der Waals surface area (Å²) in [6, 6.07) is 5.49. The Morgan fingerprint density at radius 2 is 2.07 bits per heavy atom. The van der Waals surface area contributed by atoms with E-state index in [0.29, 0.717) is 30.0 Å². The van der Waals surface area contributed by atoms with Gasteiger partial charge in [-0.25, -0.2) is 9.97 Å². The molecule has 0 amide bonds. The summed E-state index contributed by atoms with van der Waals surface area (Å²) >= 11 is 0. The molecule has 0 aromatic carbocycles. The van der Waals surface area contributed by atoms with Crippen LogP contribution in [-0.2, 0) is 17.6 Å². The minimum atomic E-state index is -0.0294. The molecule has 0 N–H and O–H groups in total. The number of hydrogen-bond acceptors (Lipinski definition) is 6. The van der Waals surface area contributed by atoms with Crippen LogP contribution in [-0.4, -0.2) is 34.3 Å². The van der Waals surface area contributed by atoms with Crippen molar-refractivity contribution < 1.29 is 4.79 Å². The van der Waals surface area contributed by atoms with Gasteiger partial charge in [-0.2, -0.15) is 5.26 Å². The Balaban J connectivity index is 1.94. The summed E-state index contributed by atoms with van der Waals surface area (Å²) < 4.78 is 0. The summed E-state index contributed by atoms with van der Waals surface area (Å²) in [4.78, 5) is 28.1. The van der Waals surface area contributed by atoms with Crippen LogP contribution in [0.15, 0.2) is 18.3 Å². The van der Waals surface area contributed by atoms with Gasteiger partial charge < -0.3 is 4.90 Å². The second-order valence-electron chi connectivity index (χ2n) is 8.32. The van der Waals surface area contributed by atoms with Crippen molar-refractivity contribution in [2.45, 2.75) is 46.5 Å². The van der Waals surface area contributed by atoms with Gasteiger partial charge in [0.2, 0.25) is 0 Å². The third-order valence-electron chi connectivity index (χ3n) is 4.53. The zero-order valence-corrected chi connectivity index (χ0v) is 16.4. The molecule has 2 aromatic rings. The highest BCUT2D eigenvalue weighted by atomic mass is 16.1. The number of likely N-dealkylation sites (N-methyl/N-ethyl adjacent to an activating group) is 1. The number of fused-ring (bicyclic) bond motifs is 1. The van der Waals surface area contributed by atoms with Gasteiger partial charge in [-0.1, -0.05) is 20.8 Å². The molecule has 0 bridgehead atoms. The van der Waals surface area contributed by atoms with E-state index < -0.39 is 0 Å². The Morgan fingerprint density at radius 3 is 2.78 bits per heavy atom. The number of ketones is 1. The number of hydrogen-bond donors (Lipinski definition) is 0. The number of carbonyl (C=O) groups excluding carboxylic acids is 1. The van der Waals surface area contributed by atoms with Gasteiger partial charge in [0.15, 0.2) is 11.6 Å². The van der Waals surface area contributed by atoms with Crippen molar-refractivity contribution in [3.63, 3.8) is 0 Å². The van der Waals surface area contributed by atoms with Crippen molar-refractivity contribution >= 4 is 11.6 Å². The summed E-state index contributed by atoms with van der Waals surface area (Å²) in [6.45, 7) is 6.53. The predicted molar refractivity (Wildman–Crippen MR) is 104 cm³/mol. The lowest BCUT2D eigenvalue weighted by atomic mass is 9.90. The number of aryl methyl sites for hydroxylation is 1. The first-order chi connectivity index (χ1) is 12.8. The number of nitriles is 1. The lowest BCUT2D eigenvalue weighted by Gasteiger charge is -2.23. The molecular weight excluding hydrogens is 338 g/mol. The van der Waals surface area contributed by atoms with E-state index in [1.165, 1.54) is 0 Å². The lowest BCUT2D eigenvalue weighted by molar-refractivity contribution is -0.119. The van der Waals surface area contributed by atoms with Crippen molar-refractivity contribution in [3.05, 3.63) is 35.2 Å². The summed E-state index contributed by atoms with van der Waals surface area (Å²) in [6.07, 6.45) is 4.99. The number of carbonyl (C=O) groups is 1. The first-order valence-corrected chi connectivity index (χ1v) is 9.26. The molecule has 0 unspecified atom stereocenters. The third-order valence-corrected chi connectivity index (χ3v) is 4.53. The van der Waals surface area contributed by atoms with Gasteiger partial charge >= 0.3 is 0 Å². The van der Waals surface area contributed by atoms with Crippen molar-refractivity contribution in [3.8, 4) is 17.6 Å². The van der Waals surface area contributed by atoms with Crippen LogP contribution in [0.3, 0.4) is 0 Å². The van der Waals surface area contributed by atoms with Gasteiger partial charge in [-0.3, -0.25) is 9.78 Å². The average molecular weight is 363 g/mol. The van der Waals surface area contributed by atoms with Crippen LogP contribution in [0.2, 0.25) is 0 Å². The van der Waals surface area contributed by atoms with Gasteiger partial charge in [-0.15, -0.1) is 0 Å². The molecule has 1 aliphatic rings. The molecule has 0 radical (unpaired) electrons. The highest BCUT2D eigenvalue weighted by Gasteiger charge is 2.24. The van der Waals surface area contributed by atoms with Gasteiger partial charge in [0, 0.05) is 30.9 Å². The summed E-state index contributed by atoms with van der Waals surface area (Å²) in [5, 5.41) is 9.13. The molecule has 0 saturated carbocycles. The standard InChI is InChI=1S/C21H25N5O/c1-21(2,3)11-15(27)13-26(4)20-16-6-5-7-17(16)24-19(25-20)18-10-14(12-22)8-9-23-18/h8-10H,5-7,11,13H2,1-4H3. The zero-order chi connectivity index (χ0) is 19.6. The van der Waals surface area contributed by atoms with Gasteiger partial charge in [0.25, 0.3) is 0 Å². The van der Waals surface area contributed by atoms with E-state index in [4.69, 9.17) is 10.2 Å². The van der Waals surface area contributed by atoms with Crippen LogP contribution in [0, 0.1) is 16.7 Å². The van der Waals surface area contributed by atoms with Gasteiger partial charge in [0.1, 0.15) is 11.5 Å². The van der Waals surface area contributed by atoms with E-state index in [-0.39, 0.29) is 11.2 Å². The largest absolute Gasteiger partial charge is 0.352 e. The first-order valence-electron chi connectivity index (χ1n) is 9.26. The van der Waals surface area contributed by atoms with Crippen molar-refractivity contribution in [2.75, 3.05) is 18.5 Å². The molecule has 0 spiro atoms. The van der Waals surface area contributed by atoms with E-state index in [0.717, 1.165) is 36.3 Å². The van der Waals surface area contributed by atoms with Gasteiger partial charge in [-0.05, 0) is 36.8 Å². The maximum absolute atomic E-state index is 12.4. The molecule has 140 valence electrons. The number of nitrogens with zero attached hydrogens (tertiary/aromatic N) is 5. The smallest absolute Gasteiger partial charge is 0.180 e. The molecule has 6 nitrogen and oxygen atoms in total. The van der Waals surface area contributed by atoms with E-state index in [2.05, 4.69) is 36.8 Å². The Bertz CT molecular complexity index is 908. The average Bonchev–Trinajstić information content (AvgIpc) is 3.07. The Hall–Kier alpha value is -2.81. The summed E-state index contributed by atoms with van der Waals surface area (Å²) in [5.74, 6) is 1.51. The minimum absolute atomic E-state index is 0.0294. The van der Waals surface area contributed by atoms with E-state index in [1.807, 2.05) is 11.9 Å². The molecule has 0 saturated heterocycles. The molecule has 1 aliphatic carbocycles. The van der Waals surface area contributed by atoms with E-state index >= 15 is 0 Å². The highest BCUT2D eigenvalue weighted by Crippen LogP contribution is 2.31. The van der Waals surface area contributed by atoms with Crippen LogP contribution in [0.1, 0.15) is 50.4 Å². The van der Waals surface area contributed by atoms with Gasteiger partial charge in [0.05, 0.1) is 18.2 Å². The van der Waals surface area contributed by atoms with Crippen LogP contribution in [0.25, 0.3) is 11.5 Å². The highest BCUT2D eigenvalue weighted by molar-refractivity contribution is 5.84. The maximum atomic E-state index is 12.4. The number of Topliss-reactive ketones (excluding diaryl/α,β-unsaturated/α-hetero) is 1. The predicted octanol–water partition coefficient (Wildman–Crippen LogP) is 3.34. The number of rotatable bonds is 5. The topological polar surface area (TPSA) is 82.8 Å². The summed E-state index contributed by atoms with van der Waals surface area (Å²) in [7, 11) is 1.91. The third kappa shape index (κ3) is 4.48. The molecule has 3 rings (SSSR count). The first kappa shape index (κ1) is 19.0. The second-order valence-corrected chi connectivity index (χ2v) is 8.32. The second kappa shape index (κ2) is 7.43. The molecule has 0 fully saturated rings. The minimum Gasteiger partial charge on any atom is -0.352 e. The van der Waals surface area contributed by atoms with E-state index in [1.54, 1.807) is 18.3 Å². The quantitative estimate of drug-likeness (QED) is 0.810. The SMILES string of the molecule is CN(CC(=O)CC(C)(C)C)c1nc(-c2cc(C#N)ccn2)nc2c1CCC2. The fourth-order valence-electron chi connectivity index (χ4n) is 3.45. The molecule has 6 heteroatoms. The fourth-order valence-corrected chi connectivity index (χ4v) is 3.45. The Kier molecular flexibility index (Phi) is 5.22. The molecular formula is C21H25N5O. The monoisotopic (exact) mass is 363 g/mol. The molecule has 2 heterocycles. The molecule has 0 atom stereocenters. The van der Waals surface area contributed by atoms with Crippen LogP contribution in [0.5, 0.6) is 0 Å². The molecule has 27 heavy (non-hydrogen) atoms. The normalized spacial score (nSPS) is 13.1. The molecule has 2 aromatic heterocycles. The summed E-state index contributed by atoms with van der Waals surface area (Å²) in [5.41, 5.74) is 3.23. The van der Waals surface area contributed by atoms with Crippen LogP contribution >= 0.6 is 0 Å². The number of aromatic nitrogens is 3. The van der Waals surface area contributed by atoms with Crippen LogP contribution < -0.4 is 4.90 Å². The fraction of sp³-hybridized carbons (Fsp3) is 0.476. The zero-order valence-electron chi connectivity index (χ0n) is 16.4. The van der Waals surface area contributed by atoms with Crippen molar-refractivity contribution in [2.24, 2.45) is 5.41 Å². The maximum Gasteiger partial charge on any atom is 0.180 e. The van der Waals surface area contributed by atoms with E-state index in [9.17, 15) is 4.79 Å². The van der Waals surface area contributed by atoms with Crippen LogP contribution in [0.4, 0.5) is 5.82 Å². The van der Waals surface area contributed by atoms with Crippen molar-refractivity contribution in [1.29, 1.82) is 5.26 Å². The Morgan fingerprint density at radius 1 is 1.30 bits per heavy atom. The number of anilines is 1. The Labute approximate surface area is 160 Å². The lowest BCUT2D eigenvalue weighted by Crippen LogP contribution is -2.30.